The average Bonchev–Trinajstić information content (AvgIpc) is 3.21. The van der Waals surface area contributed by atoms with Crippen LogP contribution in [0.15, 0.2) is 59.9 Å². The molecule has 2 aromatic carbocycles. The van der Waals surface area contributed by atoms with Crippen LogP contribution in [0.3, 0.4) is 0 Å². The normalized spacial score (nSPS) is 12.2. The molecule has 1 atom stereocenters. The first-order chi connectivity index (χ1) is 16.2. The lowest BCUT2D eigenvalue weighted by Gasteiger charge is -2.20. The molecule has 0 aliphatic rings. The van der Waals surface area contributed by atoms with Gasteiger partial charge in [0.25, 0.3) is 5.56 Å². The molecule has 0 aliphatic carbocycles. The van der Waals surface area contributed by atoms with Crippen LogP contribution in [0, 0.1) is 31.3 Å². The van der Waals surface area contributed by atoms with Crippen molar-refractivity contribution in [1.29, 1.82) is 0 Å². The fourth-order valence-electron chi connectivity index (χ4n) is 3.99. The van der Waals surface area contributed by atoms with E-state index in [2.05, 4.69) is 4.98 Å². The number of aryl methyl sites for hydroxylation is 2. The predicted octanol–water partition coefficient (Wildman–Crippen LogP) is 4.89. The maximum Gasteiger partial charge on any atom is 0.254 e. The van der Waals surface area contributed by atoms with Gasteiger partial charge < -0.3 is 14.2 Å². The maximum absolute atomic E-state index is 13.8. The van der Waals surface area contributed by atoms with Crippen molar-refractivity contribution in [1.82, 2.24) is 14.1 Å². The first kappa shape index (κ1) is 23.8. The lowest BCUT2D eigenvalue weighted by molar-refractivity contribution is 0.246. The van der Waals surface area contributed by atoms with Gasteiger partial charge in [-0.05, 0) is 54.8 Å². The molecule has 0 amide bonds. The molecule has 0 radical (unpaired) electrons. The molecule has 0 unspecified atom stereocenters. The van der Waals surface area contributed by atoms with Crippen molar-refractivity contribution in [3.8, 4) is 5.69 Å². The third-order valence-electron chi connectivity index (χ3n) is 5.63. The van der Waals surface area contributed by atoms with Gasteiger partial charge in [0.2, 0.25) is 0 Å². The van der Waals surface area contributed by atoms with Crippen LogP contribution in [0.4, 0.5) is 13.2 Å². The molecule has 0 spiro atoms. The zero-order valence-electron chi connectivity index (χ0n) is 18.4. The lowest BCUT2D eigenvalue weighted by Crippen LogP contribution is -2.30. The Morgan fingerprint density at radius 3 is 2.35 bits per heavy atom. The second-order valence-corrected chi connectivity index (χ2v) is 8.55. The summed E-state index contributed by atoms with van der Waals surface area (Å²) in [5, 5.41) is 10.1. The largest absolute Gasteiger partial charge is 0.394 e. The molecule has 0 saturated carbocycles. The number of aromatic nitrogens is 3. The highest BCUT2D eigenvalue weighted by Gasteiger charge is 2.21. The van der Waals surface area contributed by atoms with Crippen molar-refractivity contribution in [2.45, 2.75) is 26.3 Å². The summed E-state index contributed by atoms with van der Waals surface area (Å²) in [6.07, 6.45) is 5.16. The fraction of sp³-hybridized carbons (Fsp3) is 0.200. The molecule has 34 heavy (non-hydrogen) atoms. The summed E-state index contributed by atoms with van der Waals surface area (Å²) in [5.41, 5.74) is 3.42. The van der Waals surface area contributed by atoms with Crippen molar-refractivity contribution in [3.05, 3.63) is 116 Å². The van der Waals surface area contributed by atoms with E-state index < -0.39 is 35.7 Å². The average molecular weight is 488 g/mol. The van der Waals surface area contributed by atoms with Crippen molar-refractivity contribution < 1.29 is 18.3 Å². The van der Waals surface area contributed by atoms with Gasteiger partial charge in [-0.25, -0.2) is 18.2 Å². The Hall–Kier alpha value is -3.36. The van der Waals surface area contributed by atoms with Crippen LogP contribution in [-0.2, 0) is 6.42 Å². The molecular weight excluding hydrogens is 467 g/mol. The monoisotopic (exact) mass is 487 g/mol. The smallest absolute Gasteiger partial charge is 0.254 e. The number of pyridine rings is 1. The van der Waals surface area contributed by atoms with Gasteiger partial charge in [0, 0.05) is 30.1 Å². The summed E-state index contributed by atoms with van der Waals surface area (Å²) in [5.74, 6) is -4.44. The zero-order chi connectivity index (χ0) is 24.6. The highest BCUT2D eigenvalue weighted by Crippen LogP contribution is 2.24. The first-order valence-corrected chi connectivity index (χ1v) is 10.8. The van der Waals surface area contributed by atoms with Crippen molar-refractivity contribution in [2.24, 2.45) is 0 Å². The molecule has 9 heteroatoms. The number of benzene rings is 2. The second-order valence-electron chi connectivity index (χ2n) is 8.11. The molecule has 5 nitrogen and oxygen atoms in total. The molecule has 176 valence electrons. The van der Waals surface area contributed by atoms with E-state index in [1.807, 2.05) is 42.8 Å². The van der Waals surface area contributed by atoms with Crippen molar-refractivity contribution in [2.75, 3.05) is 6.61 Å². The Bertz CT molecular complexity index is 1410. The van der Waals surface area contributed by atoms with E-state index in [0.29, 0.717) is 5.56 Å². The van der Waals surface area contributed by atoms with E-state index in [0.717, 1.165) is 39.2 Å². The van der Waals surface area contributed by atoms with Crippen LogP contribution in [0.2, 0.25) is 5.02 Å². The SMILES string of the molecule is Cc1cn(-c2ccc(Cc3cc(Cl)cn([C@@H](CO)c4cc(F)c(F)c(F)c4)c3=O)cc2C)cn1. The molecular formula is C25H21ClF3N3O2. The van der Waals surface area contributed by atoms with Gasteiger partial charge in [0.1, 0.15) is 0 Å². The van der Waals surface area contributed by atoms with E-state index in [9.17, 15) is 23.1 Å². The van der Waals surface area contributed by atoms with Gasteiger partial charge in [-0.15, -0.1) is 0 Å². The zero-order valence-corrected chi connectivity index (χ0v) is 19.2. The number of hydrogen-bond acceptors (Lipinski definition) is 3. The Labute approximate surface area is 198 Å². The highest BCUT2D eigenvalue weighted by atomic mass is 35.5. The topological polar surface area (TPSA) is 60.0 Å². The first-order valence-electron chi connectivity index (χ1n) is 10.4. The Morgan fingerprint density at radius 2 is 1.76 bits per heavy atom. The van der Waals surface area contributed by atoms with Crippen LogP contribution in [0.5, 0.6) is 0 Å². The number of halogens is 4. The summed E-state index contributed by atoms with van der Waals surface area (Å²) >= 11 is 6.24. The van der Waals surface area contributed by atoms with E-state index in [1.54, 1.807) is 6.33 Å². The Morgan fingerprint density at radius 1 is 1.06 bits per heavy atom. The minimum atomic E-state index is -1.62. The summed E-state index contributed by atoms with van der Waals surface area (Å²) < 4.78 is 44.0. The molecule has 4 aromatic rings. The summed E-state index contributed by atoms with van der Waals surface area (Å²) in [6.45, 7) is 3.20. The van der Waals surface area contributed by atoms with E-state index in [4.69, 9.17) is 11.6 Å². The molecule has 0 fully saturated rings. The minimum absolute atomic E-state index is 0.0926. The Kier molecular flexibility index (Phi) is 6.63. The minimum Gasteiger partial charge on any atom is -0.394 e. The third kappa shape index (κ3) is 4.64. The second kappa shape index (κ2) is 9.48. The van der Waals surface area contributed by atoms with Gasteiger partial charge in [0.15, 0.2) is 17.5 Å². The van der Waals surface area contributed by atoms with Crippen LogP contribution < -0.4 is 5.56 Å². The summed E-state index contributed by atoms with van der Waals surface area (Å²) in [6, 6.07) is 7.64. The van der Waals surface area contributed by atoms with Crippen LogP contribution in [-0.4, -0.2) is 25.8 Å². The van der Waals surface area contributed by atoms with Crippen LogP contribution in [0.25, 0.3) is 5.69 Å². The summed E-state index contributed by atoms with van der Waals surface area (Å²) in [7, 11) is 0. The maximum atomic E-state index is 13.8. The van der Waals surface area contributed by atoms with Gasteiger partial charge in [-0.3, -0.25) is 4.79 Å². The number of nitrogens with zero attached hydrogens (tertiary/aromatic N) is 3. The number of aliphatic hydroxyl groups is 1. The standard InChI is InChI=1S/C25H21ClF3N3O2/c1-14-5-16(3-4-22(14)31-10-15(2)30-13-31)6-18-7-19(26)11-32(25(18)34)23(12-33)17-8-20(27)24(29)21(28)9-17/h3-5,7-11,13,23,33H,6,12H2,1-2H3/t23-/m0/s1. The molecule has 0 aliphatic heterocycles. The molecule has 0 bridgehead atoms. The van der Waals surface area contributed by atoms with E-state index in [1.165, 1.54) is 12.3 Å². The highest BCUT2D eigenvalue weighted by molar-refractivity contribution is 6.30. The number of hydrogen-bond donors (Lipinski definition) is 1. The fourth-order valence-corrected chi connectivity index (χ4v) is 4.23. The van der Waals surface area contributed by atoms with Gasteiger partial charge in [-0.2, -0.15) is 0 Å². The molecule has 0 saturated heterocycles. The predicted molar refractivity (Wildman–Crippen MR) is 123 cm³/mol. The summed E-state index contributed by atoms with van der Waals surface area (Å²) in [4.78, 5) is 17.5. The third-order valence-corrected chi connectivity index (χ3v) is 5.84. The molecule has 4 rings (SSSR count). The Balaban J connectivity index is 1.70. The molecule has 1 N–H and O–H groups in total. The number of aliphatic hydroxyl groups excluding tert-OH is 1. The van der Waals surface area contributed by atoms with Gasteiger partial charge >= 0.3 is 0 Å². The quantitative estimate of drug-likeness (QED) is 0.394. The number of rotatable bonds is 6. The molecule has 2 aromatic heterocycles. The van der Waals surface area contributed by atoms with Gasteiger partial charge in [0.05, 0.1) is 29.7 Å². The van der Waals surface area contributed by atoms with Crippen LogP contribution >= 0.6 is 11.6 Å². The molecule has 2 heterocycles. The van der Waals surface area contributed by atoms with Crippen molar-refractivity contribution >= 4 is 11.6 Å². The number of imidazole rings is 1. The van der Waals surface area contributed by atoms with E-state index in [-0.39, 0.29) is 17.0 Å². The van der Waals surface area contributed by atoms with E-state index >= 15 is 0 Å². The van der Waals surface area contributed by atoms with Crippen LogP contribution in [0.1, 0.15) is 34.0 Å². The van der Waals surface area contributed by atoms with Gasteiger partial charge in [-0.1, -0.05) is 23.7 Å². The van der Waals surface area contributed by atoms with Crippen molar-refractivity contribution in [3.63, 3.8) is 0 Å². The lowest BCUT2D eigenvalue weighted by atomic mass is 10.0.